The summed E-state index contributed by atoms with van der Waals surface area (Å²) in [7, 11) is 1.16. The molecule has 0 saturated carbocycles. The zero-order chi connectivity index (χ0) is 33.1. The minimum atomic E-state index is -1.38. The Morgan fingerprint density at radius 1 is 0.867 bits per heavy atom. The Morgan fingerprint density at radius 2 is 1.49 bits per heavy atom. The molecule has 2 aromatic rings. The van der Waals surface area contributed by atoms with Crippen molar-refractivity contribution in [2.45, 2.75) is 77.4 Å². The number of ether oxygens (including phenoxy) is 7. The van der Waals surface area contributed by atoms with Crippen molar-refractivity contribution in [3.63, 3.8) is 0 Å². The second-order valence-corrected chi connectivity index (χ2v) is 9.89. The van der Waals surface area contributed by atoms with Gasteiger partial charge in [-0.2, -0.15) is 0 Å². The van der Waals surface area contributed by atoms with Crippen LogP contribution in [0, 0.1) is 0 Å². The molecule has 16 nitrogen and oxygen atoms in total. The molecule has 1 saturated heterocycles. The predicted octanol–water partition coefficient (Wildman–Crippen LogP) is 1.15. The zero-order valence-corrected chi connectivity index (χ0v) is 25.3. The lowest BCUT2D eigenvalue weighted by Gasteiger charge is -2.44. The van der Waals surface area contributed by atoms with Crippen molar-refractivity contribution in [2.75, 3.05) is 13.7 Å². The van der Waals surface area contributed by atoms with E-state index in [4.69, 9.17) is 33.2 Å². The van der Waals surface area contributed by atoms with E-state index in [2.05, 4.69) is 10.3 Å². The molecule has 1 aliphatic rings. The number of nitrogens with zero attached hydrogens (tertiary/aromatic N) is 2. The number of imidazole rings is 1. The van der Waals surface area contributed by atoms with Gasteiger partial charge in [-0.3, -0.25) is 19.2 Å². The highest BCUT2D eigenvalue weighted by molar-refractivity contribution is 5.81. The minimum Gasteiger partial charge on any atom is -0.467 e. The van der Waals surface area contributed by atoms with Gasteiger partial charge in [0.2, 0.25) is 0 Å². The maximum atomic E-state index is 12.5. The second kappa shape index (κ2) is 16.2. The van der Waals surface area contributed by atoms with Crippen LogP contribution in [-0.2, 0) is 70.2 Å². The zero-order valence-electron chi connectivity index (χ0n) is 25.3. The van der Waals surface area contributed by atoms with E-state index in [1.807, 2.05) is 6.07 Å². The fourth-order valence-electron chi connectivity index (χ4n) is 4.52. The van der Waals surface area contributed by atoms with Gasteiger partial charge in [0, 0.05) is 40.3 Å². The smallest absolute Gasteiger partial charge is 0.408 e. The van der Waals surface area contributed by atoms with Crippen LogP contribution < -0.4 is 5.32 Å². The van der Waals surface area contributed by atoms with Gasteiger partial charge in [-0.05, 0) is 5.56 Å². The van der Waals surface area contributed by atoms with E-state index < -0.39 is 79.2 Å². The Labute approximate surface area is 258 Å². The van der Waals surface area contributed by atoms with Crippen molar-refractivity contribution < 1.29 is 61.9 Å². The summed E-state index contributed by atoms with van der Waals surface area (Å²) in [5.41, 5.74) is 1.01. The lowest BCUT2D eigenvalue weighted by atomic mass is 9.97. The molecule has 1 aliphatic heterocycles. The summed E-state index contributed by atoms with van der Waals surface area (Å²) in [6, 6.07) is 7.73. The van der Waals surface area contributed by atoms with E-state index >= 15 is 0 Å². The van der Waals surface area contributed by atoms with Crippen LogP contribution in [0.2, 0.25) is 0 Å². The Balaban J connectivity index is 1.87. The first-order valence-corrected chi connectivity index (χ1v) is 13.8. The number of amides is 1. The van der Waals surface area contributed by atoms with Gasteiger partial charge < -0.3 is 43.0 Å². The van der Waals surface area contributed by atoms with Crippen molar-refractivity contribution in [3.8, 4) is 0 Å². The highest BCUT2D eigenvalue weighted by Gasteiger charge is 2.52. The summed E-state index contributed by atoms with van der Waals surface area (Å²) in [5, 5.41) is 2.46. The second-order valence-electron chi connectivity index (χ2n) is 9.89. The fourth-order valence-corrected chi connectivity index (χ4v) is 4.52. The molecule has 0 unspecified atom stereocenters. The number of carbonyl (C=O) groups excluding carboxylic acids is 6. The largest absolute Gasteiger partial charge is 0.467 e. The van der Waals surface area contributed by atoms with E-state index in [0.29, 0.717) is 0 Å². The number of rotatable bonds is 12. The lowest BCUT2D eigenvalue weighted by molar-refractivity contribution is -0.268. The van der Waals surface area contributed by atoms with E-state index in [0.717, 1.165) is 40.4 Å². The van der Waals surface area contributed by atoms with Crippen LogP contribution in [0.5, 0.6) is 0 Å². The first-order valence-electron chi connectivity index (χ1n) is 13.8. The molecule has 1 aromatic carbocycles. The van der Waals surface area contributed by atoms with Gasteiger partial charge >= 0.3 is 35.9 Å². The van der Waals surface area contributed by atoms with Gasteiger partial charge in [0.15, 0.2) is 24.5 Å². The molecule has 16 heteroatoms. The lowest BCUT2D eigenvalue weighted by Crippen LogP contribution is -2.60. The van der Waals surface area contributed by atoms with Gasteiger partial charge in [0.05, 0.1) is 19.1 Å². The number of hydrogen-bond acceptors (Lipinski definition) is 14. The van der Waals surface area contributed by atoms with Gasteiger partial charge in [0.1, 0.15) is 25.4 Å². The van der Waals surface area contributed by atoms with Crippen LogP contribution in [0.3, 0.4) is 0 Å². The Bertz CT molecular complexity index is 1360. The third kappa shape index (κ3) is 10.3. The third-order valence-electron chi connectivity index (χ3n) is 6.32. The standard InChI is InChI=1S/C29H35N3O13/c1-16(33)40-14-23-24(42-17(2)34)25(43-18(3)35)26(44-19(4)36)27(45-23)32-12-21(30-15-32)11-22(28(37)39-5)31-29(38)41-13-20-9-7-6-8-10-20/h6-10,12,15,22-27H,11,13-14H2,1-5H3,(H,31,38)/t22-,23+,24-,25-,26+,27+/m0/s1. The number of aromatic nitrogens is 2. The molecule has 1 aromatic heterocycles. The molecule has 0 spiro atoms. The Kier molecular flexibility index (Phi) is 12.4. The van der Waals surface area contributed by atoms with Gasteiger partial charge in [-0.1, -0.05) is 30.3 Å². The minimum absolute atomic E-state index is 0.0297. The van der Waals surface area contributed by atoms with Crippen LogP contribution in [0.25, 0.3) is 0 Å². The quantitative estimate of drug-likeness (QED) is 0.258. The molecule has 45 heavy (non-hydrogen) atoms. The van der Waals surface area contributed by atoms with Crippen molar-refractivity contribution in [1.29, 1.82) is 0 Å². The van der Waals surface area contributed by atoms with Crippen LogP contribution in [0.15, 0.2) is 42.9 Å². The van der Waals surface area contributed by atoms with E-state index in [1.54, 1.807) is 24.3 Å². The van der Waals surface area contributed by atoms with Gasteiger partial charge in [-0.15, -0.1) is 0 Å². The number of esters is 5. The average molecular weight is 634 g/mol. The summed E-state index contributed by atoms with van der Waals surface area (Å²) in [4.78, 5) is 77.0. The molecule has 1 fully saturated rings. The molecular formula is C29H35N3O13. The van der Waals surface area contributed by atoms with Crippen molar-refractivity contribution in [2.24, 2.45) is 0 Å². The molecule has 0 radical (unpaired) electrons. The molecule has 0 aliphatic carbocycles. The monoisotopic (exact) mass is 633 g/mol. The number of alkyl carbamates (subject to hydrolysis) is 1. The topological polar surface area (TPSA) is 197 Å². The average Bonchev–Trinajstić information content (AvgIpc) is 3.44. The van der Waals surface area contributed by atoms with E-state index in [-0.39, 0.29) is 18.7 Å². The molecule has 0 bridgehead atoms. The SMILES string of the molecule is COC(=O)[C@H](Cc1cn([C@@H]2O[C@H](COC(C)=O)[C@H](OC(C)=O)[C@H](OC(C)=O)[C@H]2OC(C)=O)cn1)NC(=O)OCc1ccccc1. The molecule has 1 N–H and O–H groups in total. The highest BCUT2D eigenvalue weighted by atomic mass is 16.7. The van der Waals surface area contributed by atoms with Gasteiger partial charge in [0.25, 0.3) is 0 Å². The number of carbonyl (C=O) groups is 6. The normalized spacial score (nSPS) is 21.4. The van der Waals surface area contributed by atoms with Crippen LogP contribution in [0.1, 0.15) is 45.2 Å². The van der Waals surface area contributed by atoms with Crippen LogP contribution >= 0.6 is 0 Å². The maximum absolute atomic E-state index is 12.5. The number of benzene rings is 1. The van der Waals surface area contributed by atoms with Crippen molar-refractivity contribution in [1.82, 2.24) is 14.9 Å². The van der Waals surface area contributed by atoms with Crippen molar-refractivity contribution in [3.05, 3.63) is 54.1 Å². The molecular weight excluding hydrogens is 598 g/mol. The Hall–Kier alpha value is -4.99. The predicted molar refractivity (Wildman–Crippen MR) is 149 cm³/mol. The summed E-state index contributed by atoms with van der Waals surface area (Å²) in [5.74, 6) is -3.74. The highest BCUT2D eigenvalue weighted by Crippen LogP contribution is 2.35. The van der Waals surface area contributed by atoms with E-state index in [9.17, 15) is 28.8 Å². The number of methoxy groups -OCH3 is 1. The summed E-state index contributed by atoms with van der Waals surface area (Å²) >= 11 is 0. The summed E-state index contributed by atoms with van der Waals surface area (Å²) < 4.78 is 38.9. The van der Waals surface area contributed by atoms with Crippen LogP contribution in [-0.4, -0.2) is 89.7 Å². The molecule has 244 valence electrons. The van der Waals surface area contributed by atoms with Gasteiger partial charge in [-0.25, -0.2) is 14.6 Å². The summed E-state index contributed by atoms with van der Waals surface area (Å²) in [6.07, 6.45) is -4.78. The third-order valence-corrected chi connectivity index (χ3v) is 6.32. The molecule has 2 heterocycles. The first-order chi connectivity index (χ1) is 21.4. The maximum Gasteiger partial charge on any atom is 0.408 e. The molecule has 6 atom stereocenters. The van der Waals surface area contributed by atoms with E-state index in [1.165, 1.54) is 17.1 Å². The van der Waals surface area contributed by atoms with Crippen LogP contribution in [0.4, 0.5) is 4.79 Å². The number of nitrogens with one attached hydrogen (secondary N) is 1. The molecule has 3 rings (SSSR count). The fraction of sp³-hybridized carbons (Fsp3) is 0.483. The summed E-state index contributed by atoms with van der Waals surface area (Å²) in [6.45, 7) is 4.08. The number of hydrogen-bond donors (Lipinski definition) is 1. The Morgan fingerprint density at radius 3 is 2.09 bits per heavy atom. The van der Waals surface area contributed by atoms with Crippen molar-refractivity contribution >= 4 is 35.9 Å². The first kappa shape index (κ1) is 34.5. The molecule has 1 amide bonds.